The predicted molar refractivity (Wildman–Crippen MR) is 115 cm³/mol. The lowest BCUT2D eigenvalue weighted by atomic mass is 9.96. The molecule has 1 N–H and O–H groups in total. The Morgan fingerprint density at radius 2 is 1.77 bits per heavy atom. The highest BCUT2D eigenvalue weighted by atomic mass is 19.1. The van der Waals surface area contributed by atoms with Gasteiger partial charge < -0.3 is 10.2 Å². The van der Waals surface area contributed by atoms with Crippen molar-refractivity contribution in [2.45, 2.75) is 32.2 Å². The van der Waals surface area contributed by atoms with E-state index >= 15 is 0 Å². The molecule has 0 bridgehead atoms. The standard InChI is InChI=1S/C24H28FN3O2/c25-21-10-8-19(9-11-21)24(30)28-14-4-6-20(17-28)23(29)26-22-7-3-5-18(15-22)16-27-12-1-2-13-27/h3,5,7-11,15,20H,1-2,4,6,12-14,16-17H2,(H,26,29). The number of benzene rings is 2. The first-order valence-electron chi connectivity index (χ1n) is 10.8. The minimum atomic E-state index is -0.366. The summed E-state index contributed by atoms with van der Waals surface area (Å²) in [5.74, 6) is -0.815. The number of rotatable bonds is 5. The molecule has 0 aliphatic carbocycles. The second-order valence-electron chi connectivity index (χ2n) is 8.27. The van der Waals surface area contributed by atoms with Crippen LogP contribution in [0.1, 0.15) is 41.6 Å². The van der Waals surface area contributed by atoms with Crippen LogP contribution >= 0.6 is 0 Å². The molecule has 0 spiro atoms. The zero-order valence-electron chi connectivity index (χ0n) is 17.1. The maximum absolute atomic E-state index is 13.1. The smallest absolute Gasteiger partial charge is 0.253 e. The van der Waals surface area contributed by atoms with Crippen molar-refractivity contribution in [3.8, 4) is 0 Å². The summed E-state index contributed by atoms with van der Waals surface area (Å²) in [6, 6.07) is 13.6. The number of nitrogens with zero attached hydrogens (tertiary/aromatic N) is 2. The van der Waals surface area contributed by atoms with Gasteiger partial charge in [-0.1, -0.05) is 12.1 Å². The summed E-state index contributed by atoms with van der Waals surface area (Å²) >= 11 is 0. The third kappa shape index (κ3) is 5.05. The third-order valence-corrected chi connectivity index (χ3v) is 5.97. The Balaban J connectivity index is 1.36. The topological polar surface area (TPSA) is 52.7 Å². The fraction of sp³-hybridized carbons (Fsp3) is 0.417. The quantitative estimate of drug-likeness (QED) is 0.815. The molecule has 1 unspecified atom stereocenters. The van der Waals surface area contributed by atoms with Gasteiger partial charge in [-0.3, -0.25) is 14.5 Å². The van der Waals surface area contributed by atoms with Crippen molar-refractivity contribution in [3.63, 3.8) is 0 Å². The lowest BCUT2D eigenvalue weighted by Crippen LogP contribution is -2.43. The second kappa shape index (κ2) is 9.39. The Kier molecular flexibility index (Phi) is 6.43. The van der Waals surface area contributed by atoms with Gasteiger partial charge in [0.05, 0.1) is 5.92 Å². The van der Waals surface area contributed by atoms with Crippen LogP contribution in [0.3, 0.4) is 0 Å². The van der Waals surface area contributed by atoms with Crippen LogP contribution in [0.5, 0.6) is 0 Å². The molecule has 4 rings (SSSR count). The Hall–Kier alpha value is -2.73. The van der Waals surface area contributed by atoms with E-state index in [1.54, 1.807) is 4.90 Å². The Morgan fingerprint density at radius 3 is 2.53 bits per heavy atom. The number of likely N-dealkylation sites (tertiary alicyclic amines) is 2. The van der Waals surface area contributed by atoms with Crippen LogP contribution in [0, 0.1) is 11.7 Å². The SMILES string of the molecule is O=C(Nc1cccc(CN2CCCC2)c1)C1CCCN(C(=O)c2ccc(F)cc2)C1. The molecular formula is C24H28FN3O2. The number of carbonyl (C=O) groups is 2. The molecule has 2 aliphatic rings. The molecule has 6 heteroatoms. The van der Waals surface area contributed by atoms with Gasteiger partial charge in [0.15, 0.2) is 0 Å². The van der Waals surface area contributed by atoms with Gasteiger partial charge in [0.2, 0.25) is 5.91 Å². The van der Waals surface area contributed by atoms with Gasteiger partial charge in [0.25, 0.3) is 5.91 Å². The summed E-state index contributed by atoms with van der Waals surface area (Å²) in [5, 5.41) is 3.04. The number of amides is 2. The first-order chi connectivity index (χ1) is 14.6. The van der Waals surface area contributed by atoms with E-state index in [1.807, 2.05) is 18.2 Å². The molecule has 2 aromatic carbocycles. The van der Waals surface area contributed by atoms with Gasteiger partial charge in [-0.25, -0.2) is 4.39 Å². The largest absolute Gasteiger partial charge is 0.338 e. The van der Waals surface area contributed by atoms with Crippen molar-refractivity contribution < 1.29 is 14.0 Å². The molecule has 2 aromatic rings. The zero-order chi connectivity index (χ0) is 20.9. The van der Waals surface area contributed by atoms with Crippen molar-refractivity contribution in [1.29, 1.82) is 0 Å². The minimum Gasteiger partial charge on any atom is -0.338 e. The third-order valence-electron chi connectivity index (χ3n) is 5.97. The lowest BCUT2D eigenvalue weighted by Gasteiger charge is -2.32. The Labute approximate surface area is 176 Å². The van der Waals surface area contributed by atoms with E-state index in [9.17, 15) is 14.0 Å². The average Bonchev–Trinajstić information content (AvgIpc) is 3.27. The van der Waals surface area contributed by atoms with E-state index in [0.29, 0.717) is 18.7 Å². The summed E-state index contributed by atoms with van der Waals surface area (Å²) in [6.45, 7) is 4.18. The molecule has 2 aliphatic heterocycles. The van der Waals surface area contributed by atoms with Crippen LogP contribution in [-0.2, 0) is 11.3 Å². The van der Waals surface area contributed by atoms with Gasteiger partial charge >= 0.3 is 0 Å². The molecule has 2 fully saturated rings. The molecule has 0 aromatic heterocycles. The molecule has 1 atom stereocenters. The van der Waals surface area contributed by atoms with Crippen molar-refractivity contribution in [2.24, 2.45) is 5.92 Å². The van der Waals surface area contributed by atoms with Gasteiger partial charge in [0, 0.05) is 30.9 Å². The van der Waals surface area contributed by atoms with E-state index < -0.39 is 0 Å². The highest BCUT2D eigenvalue weighted by molar-refractivity contribution is 5.96. The van der Waals surface area contributed by atoms with Crippen LogP contribution in [-0.4, -0.2) is 47.8 Å². The number of halogens is 1. The number of carbonyl (C=O) groups excluding carboxylic acids is 2. The van der Waals surface area contributed by atoms with Gasteiger partial charge in [-0.05, 0) is 80.7 Å². The first-order valence-corrected chi connectivity index (χ1v) is 10.8. The molecule has 2 saturated heterocycles. The minimum absolute atomic E-state index is 0.0510. The molecule has 158 valence electrons. The summed E-state index contributed by atoms with van der Waals surface area (Å²) in [6.07, 6.45) is 4.04. The molecule has 5 nitrogen and oxygen atoms in total. The van der Waals surface area contributed by atoms with Crippen LogP contribution in [0.4, 0.5) is 10.1 Å². The van der Waals surface area contributed by atoms with Crippen LogP contribution in [0.15, 0.2) is 48.5 Å². The van der Waals surface area contributed by atoms with Crippen molar-refractivity contribution in [1.82, 2.24) is 9.80 Å². The van der Waals surface area contributed by atoms with Gasteiger partial charge in [-0.2, -0.15) is 0 Å². The monoisotopic (exact) mass is 409 g/mol. The molecular weight excluding hydrogens is 381 g/mol. The van der Waals surface area contributed by atoms with Gasteiger partial charge in [0.1, 0.15) is 5.82 Å². The van der Waals surface area contributed by atoms with E-state index in [4.69, 9.17) is 0 Å². The summed E-state index contributed by atoms with van der Waals surface area (Å²) in [7, 11) is 0. The second-order valence-corrected chi connectivity index (χ2v) is 8.27. The predicted octanol–water partition coefficient (Wildman–Crippen LogP) is 3.91. The Morgan fingerprint density at radius 1 is 1.00 bits per heavy atom. The van der Waals surface area contributed by atoms with E-state index in [2.05, 4.69) is 16.3 Å². The maximum Gasteiger partial charge on any atom is 0.253 e. The van der Waals surface area contributed by atoms with Crippen molar-refractivity contribution in [2.75, 3.05) is 31.5 Å². The van der Waals surface area contributed by atoms with E-state index in [1.165, 1.54) is 42.7 Å². The van der Waals surface area contributed by atoms with Crippen LogP contribution in [0.25, 0.3) is 0 Å². The Bertz CT molecular complexity index is 894. The highest BCUT2D eigenvalue weighted by Crippen LogP contribution is 2.22. The fourth-order valence-corrected chi connectivity index (χ4v) is 4.34. The number of hydrogen-bond acceptors (Lipinski definition) is 3. The lowest BCUT2D eigenvalue weighted by molar-refractivity contribution is -0.121. The normalized spacial score (nSPS) is 19.6. The number of hydrogen-bond donors (Lipinski definition) is 1. The average molecular weight is 410 g/mol. The fourth-order valence-electron chi connectivity index (χ4n) is 4.34. The number of anilines is 1. The van der Waals surface area contributed by atoms with Gasteiger partial charge in [-0.15, -0.1) is 0 Å². The maximum atomic E-state index is 13.1. The summed E-state index contributed by atoms with van der Waals surface area (Å²) in [4.78, 5) is 29.7. The number of nitrogens with one attached hydrogen (secondary N) is 1. The zero-order valence-corrected chi connectivity index (χ0v) is 17.1. The first kappa shape index (κ1) is 20.5. The molecule has 0 radical (unpaired) electrons. The van der Waals surface area contributed by atoms with Crippen molar-refractivity contribution >= 4 is 17.5 Å². The highest BCUT2D eigenvalue weighted by Gasteiger charge is 2.29. The van der Waals surface area contributed by atoms with E-state index in [-0.39, 0.29) is 23.5 Å². The van der Waals surface area contributed by atoms with Crippen LogP contribution in [0.2, 0.25) is 0 Å². The van der Waals surface area contributed by atoms with E-state index in [0.717, 1.165) is 38.2 Å². The summed E-state index contributed by atoms with van der Waals surface area (Å²) < 4.78 is 13.1. The summed E-state index contributed by atoms with van der Waals surface area (Å²) in [5.41, 5.74) is 2.46. The van der Waals surface area contributed by atoms with Crippen molar-refractivity contribution in [3.05, 3.63) is 65.5 Å². The van der Waals surface area contributed by atoms with Crippen LogP contribution < -0.4 is 5.32 Å². The molecule has 2 heterocycles. The molecule has 2 amide bonds. The number of piperidine rings is 1. The molecule has 30 heavy (non-hydrogen) atoms. The molecule has 0 saturated carbocycles.